The molecule has 2 aromatic carbocycles. The number of aromatic amines is 1. The van der Waals surface area contributed by atoms with Gasteiger partial charge in [0.15, 0.2) is 0 Å². The topological polar surface area (TPSA) is 166 Å². The fourth-order valence-electron chi connectivity index (χ4n) is 6.90. The molecule has 2 atom stereocenters. The number of rotatable bonds is 7. The van der Waals surface area contributed by atoms with E-state index in [1.54, 1.807) is 35.2 Å². The van der Waals surface area contributed by atoms with Crippen molar-refractivity contribution < 1.29 is 42.6 Å². The number of aromatic nitrogens is 1. The minimum atomic E-state index is -5.08. The summed E-state index contributed by atoms with van der Waals surface area (Å²) in [6, 6.07) is 9.89. The van der Waals surface area contributed by atoms with Crippen molar-refractivity contribution in [3.8, 4) is 0 Å². The molecule has 14 heteroatoms. The van der Waals surface area contributed by atoms with Gasteiger partial charge in [0, 0.05) is 40.3 Å². The normalized spacial score (nSPS) is 20.1. The Morgan fingerprint density at radius 1 is 0.979 bits per heavy atom. The van der Waals surface area contributed by atoms with Crippen LogP contribution in [0.4, 0.5) is 18.9 Å². The number of hydrogen-bond donors (Lipinski definition) is 5. The number of likely N-dealkylation sites (tertiary alicyclic amines) is 1. The number of aliphatic carboxylic acids is 1. The van der Waals surface area contributed by atoms with Gasteiger partial charge in [0.25, 0.3) is 5.91 Å². The second kappa shape index (κ2) is 13.9. The summed E-state index contributed by atoms with van der Waals surface area (Å²) in [5.41, 5.74) is 9.81. The predicted molar refractivity (Wildman–Crippen MR) is 168 cm³/mol. The van der Waals surface area contributed by atoms with E-state index in [4.69, 9.17) is 27.2 Å². The zero-order valence-corrected chi connectivity index (χ0v) is 26.2. The molecule has 0 spiro atoms. The summed E-state index contributed by atoms with van der Waals surface area (Å²) < 4.78 is 31.7. The number of alkyl halides is 3. The molecule has 6 rings (SSSR count). The van der Waals surface area contributed by atoms with Crippen molar-refractivity contribution in [2.24, 2.45) is 17.6 Å². The van der Waals surface area contributed by atoms with Crippen molar-refractivity contribution in [1.82, 2.24) is 9.88 Å². The van der Waals surface area contributed by atoms with E-state index in [-0.39, 0.29) is 23.4 Å². The number of carbonyl (C=O) groups is 4. The zero-order chi connectivity index (χ0) is 34.0. The standard InChI is InChI=1S/C31H35ClN4O4.C2HF3O2/c32-25-14-20(13-23(18-6-7-18)24(25)16-33)30(38)36-11-10-22(17-4-2-1-3-5-17)28(36)29(37)34-21-8-9-26-19(12-21)15-27(35-26)31(39)40;3-2(4,5)1(6)7/h8-9,12-15,17-18,22,28,35H,1-7,10-11,16,33H2,(H,34,37)(H,39,40);(H,6,7)/t22-,28-;/m0./s1. The van der Waals surface area contributed by atoms with E-state index in [9.17, 15) is 32.7 Å². The molecule has 6 N–H and O–H groups in total. The monoisotopic (exact) mass is 676 g/mol. The first kappa shape index (κ1) is 34.2. The number of halogens is 4. The molecule has 2 aliphatic carbocycles. The number of anilines is 1. The Bertz CT molecular complexity index is 1680. The van der Waals surface area contributed by atoms with E-state index in [2.05, 4.69) is 10.3 Å². The summed E-state index contributed by atoms with van der Waals surface area (Å²) in [7, 11) is 0. The minimum Gasteiger partial charge on any atom is -0.477 e. The zero-order valence-electron chi connectivity index (χ0n) is 25.4. The number of carbonyl (C=O) groups excluding carboxylic acids is 2. The van der Waals surface area contributed by atoms with Crippen molar-refractivity contribution in [2.75, 3.05) is 11.9 Å². The molecule has 2 amide bonds. The van der Waals surface area contributed by atoms with E-state index in [0.29, 0.717) is 52.1 Å². The lowest BCUT2D eigenvalue weighted by Gasteiger charge is -2.33. The number of nitrogens with two attached hydrogens (primary N) is 1. The third-order valence-electron chi connectivity index (χ3n) is 9.29. The number of aromatic carboxylic acids is 1. The summed E-state index contributed by atoms with van der Waals surface area (Å²) in [4.78, 5) is 52.9. The van der Waals surface area contributed by atoms with Crippen LogP contribution >= 0.6 is 11.6 Å². The Hall–Kier alpha value is -4.10. The van der Waals surface area contributed by atoms with Crippen LogP contribution < -0.4 is 11.1 Å². The first-order chi connectivity index (χ1) is 22.3. The fourth-order valence-corrected chi connectivity index (χ4v) is 7.20. The van der Waals surface area contributed by atoms with Crippen LogP contribution in [0.25, 0.3) is 10.9 Å². The number of nitrogens with zero attached hydrogens (tertiary/aromatic N) is 1. The van der Waals surface area contributed by atoms with E-state index in [0.717, 1.165) is 56.1 Å². The second-order valence-electron chi connectivity index (χ2n) is 12.4. The van der Waals surface area contributed by atoms with Gasteiger partial charge in [-0.2, -0.15) is 13.2 Å². The second-order valence-corrected chi connectivity index (χ2v) is 12.8. The highest BCUT2D eigenvalue weighted by atomic mass is 35.5. The van der Waals surface area contributed by atoms with Crippen LogP contribution in [-0.4, -0.2) is 62.6 Å². The number of carboxylic acids is 2. The van der Waals surface area contributed by atoms with Crippen molar-refractivity contribution in [3.63, 3.8) is 0 Å². The van der Waals surface area contributed by atoms with Gasteiger partial charge in [-0.15, -0.1) is 0 Å². The number of carboxylic acid groups (broad SMARTS) is 2. The number of amides is 2. The van der Waals surface area contributed by atoms with Gasteiger partial charge < -0.3 is 31.1 Å². The Balaban J connectivity index is 0.000000559. The van der Waals surface area contributed by atoms with E-state index < -0.39 is 24.2 Å². The minimum absolute atomic E-state index is 0.0838. The molecule has 1 aliphatic heterocycles. The SMILES string of the molecule is NCc1c(Cl)cc(C(=O)N2CC[C@@H](C3CCCCC3)[C@H]2C(=O)Nc2ccc3[nH]c(C(=O)O)cc3c2)cc1C1CC1.O=C(O)C(F)(F)F. The van der Waals surface area contributed by atoms with Crippen LogP contribution in [-0.2, 0) is 16.1 Å². The molecular weight excluding hydrogens is 641 g/mol. The number of nitrogens with one attached hydrogen (secondary N) is 2. The first-order valence-electron chi connectivity index (χ1n) is 15.6. The molecule has 47 heavy (non-hydrogen) atoms. The lowest BCUT2D eigenvalue weighted by atomic mass is 9.76. The maximum absolute atomic E-state index is 14.0. The van der Waals surface area contributed by atoms with Gasteiger partial charge in [-0.1, -0.05) is 43.7 Å². The number of H-pyrrole nitrogens is 1. The Morgan fingerprint density at radius 2 is 1.66 bits per heavy atom. The molecule has 0 radical (unpaired) electrons. The van der Waals surface area contributed by atoms with E-state index >= 15 is 0 Å². The van der Waals surface area contributed by atoms with Crippen LogP contribution in [0, 0.1) is 11.8 Å². The van der Waals surface area contributed by atoms with Gasteiger partial charge >= 0.3 is 18.1 Å². The Labute approximate surface area is 273 Å². The Morgan fingerprint density at radius 3 is 2.26 bits per heavy atom. The van der Waals surface area contributed by atoms with Gasteiger partial charge in [0.05, 0.1) is 0 Å². The van der Waals surface area contributed by atoms with Crippen LogP contribution in [0.15, 0.2) is 36.4 Å². The number of benzene rings is 2. The summed E-state index contributed by atoms with van der Waals surface area (Å²) in [6.07, 6.45) is 3.52. The van der Waals surface area contributed by atoms with Crippen LogP contribution in [0.1, 0.15) is 89.3 Å². The van der Waals surface area contributed by atoms with Crippen molar-refractivity contribution >= 4 is 51.9 Å². The third-order valence-corrected chi connectivity index (χ3v) is 9.63. The van der Waals surface area contributed by atoms with E-state index in [1.807, 2.05) is 6.07 Å². The lowest BCUT2D eigenvalue weighted by Crippen LogP contribution is -2.47. The van der Waals surface area contributed by atoms with Crippen molar-refractivity contribution in [1.29, 1.82) is 0 Å². The first-order valence-corrected chi connectivity index (χ1v) is 16.0. The highest BCUT2D eigenvalue weighted by Crippen LogP contribution is 2.44. The summed E-state index contributed by atoms with van der Waals surface area (Å²) in [6.45, 7) is 0.850. The predicted octanol–water partition coefficient (Wildman–Crippen LogP) is 6.54. The van der Waals surface area contributed by atoms with Gasteiger partial charge in [0.2, 0.25) is 5.91 Å². The molecule has 1 aromatic heterocycles. The molecule has 0 unspecified atom stereocenters. The highest BCUT2D eigenvalue weighted by Gasteiger charge is 2.46. The molecule has 3 aliphatic rings. The molecule has 10 nitrogen and oxygen atoms in total. The van der Waals surface area contributed by atoms with Gasteiger partial charge in [-0.25, -0.2) is 9.59 Å². The van der Waals surface area contributed by atoms with Gasteiger partial charge in [-0.05, 0) is 84.5 Å². The molecule has 3 fully saturated rings. The van der Waals surface area contributed by atoms with Gasteiger partial charge in [0.1, 0.15) is 11.7 Å². The summed E-state index contributed by atoms with van der Waals surface area (Å²) >= 11 is 6.61. The lowest BCUT2D eigenvalue weighted by molar-refractivity contribution is -0.192. The molecule has 2 heterocycles. The highest BCUT2D eigenvalue weighted by molar-refractivity contribution is 6.32. The largest absolute Gasteiger partial charge is 0.490 e. The van der Waals surface area contributed by atoms with Crippen LogP contribution in [0.5, 0.6) is 0 Å². The summed E-state index contributed by atoms with van der Waals surface area (Å²) in [5.74, 6) is -3.30. The van der Waals surface area contributed by atoms with Crippen LogP contribution in [0.3, 0.4) is 0 Å². The molecule has 2 saturated carbocycles. The van der Waals surface area contributed by atoms with Crippen molar-refractivity contribution in [2.45, 2.75) is 76.0 Å². The molecule has 1 saturated heterocycles. The average Bonchev–Trinajstić information content (AvgIpc) is 3.63. The van der Waals surface area contributed by atoms with Gasteiger partial charge in [-0.3, -0.25) is 9.59 Å². The maximum Gasteiger partial charge on any atom is 0.490 e. The number of fused-ring (bicyclic) bond motifs is 1. The third kappa shape index (κ3) is 7.73. The maximum atomic E-state index is 14.0. The molecule has 0 bridgehead atoms. The summed E-state index contributed by atoms with van der Waals surface area (Å²) in [5, 5.41) is 20.7. The quantitative estimate of drug-likeness (QED) is 0.190. The molecular formula is C33H36ClF3N4O6. The molecule has 3 aromatic rings. The van der Waals surface area contributed by atoms with Crippen molar-refractivity contribution in [3.05, 3.63) is 63.8 Å². The average molecular weight is 677 g/mol. The molecule has 252 valence electrons. The fraction of sp³-hybridized carbons (Fsp3) is 0.455. The van der Waals surface area contributed by atoms with Crippen LogP contribution in [0.2, 0.25) is 5.02 Å². The Kier molecular flexibility index (Phi) is 10.2. The number of hydrogen-bond acceptors (Lipinski definition) is 5. The van der Waals surface area contributed by atoms with E-state index in [1.165, 1.54) is 6.42 Å². The smallest absolute Gasteiger partial charge is 0.477 e.